The van der Waals surface area contributed by atoms with Crippen LogP contribution in [-0.2, 0) is 24.0 Å². The second-order valence-corrected chi connectivity index (χ2v) is 10.3. The van der Waals surface area contributed by atoms with Gasteiger partial charge in [-0.25, -0.2) is 9.78 Å². The highest BCUT2D eigenvalue weighted by Crippen LogP contribution is 2.40. The molecular formula is C31H35N5O3. The number of hydrogen-bond acceptors (Lipinski definition) is 6. The van der Waals surface area contributed by atoms with Gasteiger partial charge in [0, 0.05) is 25.2 Å². The fraction of sp³-hybridized carbons (Fsp3) is 0.258. The summed E-state index contributed by atoms with van der Waals surface area (Å²) in [6.45, 7) is 5.69. The van der Waals surface area contributed by atoms with Crippen molar-refractivity contribution < 1.29 is 15.0 Å². The minimum Gasteiger partial charge on any atom is -0.385 e. The van der Waals surface area contributed by atoms with Crippen molar-refractivity contribution in [3.8, 4) is 0 Å². The molecule has 3 unspecified atom stereocenters. The molecule has 39 heavy (non-hydrogen) atoms. The first-order chi connectivity index (χ1) is 18.5. The summed E-state index contributed by atoms with van der Waals surface area (Å²) in [5, 5.41) is 26.7. The molecule has 0 saturated heterocycles. The number of hydrogen-bond donors (Lipinski definition) is 5. The maximum absolute atomic E-state index is 12.5. The van der Waals surface area contributed by atoms with E-state index in [4.69, 9.17) is 11.5 Å². The summed E-state index contributed by atoms with van der Waals surface area (Å²) in [6, 6.07) is 20.3. The predicted molar refractivity (Wildman–Crippen MR) is 152 cm³/mol. The predicted octanol–water partition coefficient (Wildman–Crippen LogP) is 3.97. The maximum Gasteiger partial charge on any atom is 0.312 e. The molecule has 2 amide bonds. The van der Waals surface area contributed by atoms with Crippen LogP contribution < -0.4 is 16.8 Å². The van der Waals surface area contributed by atoms with E-state index >= 15 is 0 Å². The van der Waals surface area contributed by atoms with Crippen molar-refractivity contribution >= 4 is 11.8 Å². The summed E-state index contributed by atoms with van der Waals surface area (Å²) in [7, 11) is 0. The number of aliphatic hydroxyl groups is 2. The van der Waals surface area contributed by atoms with Gasteiger partial charge in [0.15, 0.2) is 0 Å². The van der Waals surface area contributed by atoms with E-state index < -0.39 is 23.3 Å². The quantitative estimate of drug-likeness (QED) is 0.223. The van der Waals surface area contributed by atoms with Gasteiger partial charge in [-0.2, -0.15) is 0 Å². The first-order valence-electron chi connectivity index (χ1n) is 12.8. The highest BCUT2D eigenvalue weighted by molar-refractivity contribution is 5.72. The fourth-order valence-electron chi connectivity index (χ4n) is 4.99. The van der Waals surface area contributed by atoms with Gasteiger partial charge in [-0.1, -0.05) is 48.5 Å². The minimum atomic E-state index is -1.72. The monoisotopic (exact) mass is 525 g/mol. The molecule has 3 atom stereocenters. The molecule has 8 heteroatoms. The van der Waals surface area contributed by atoms with Crippen molar-refractivity contribution in [2.24, 2.45) is 5.73 Å². The normalized spacial score (nSPS) is 15.1. The average molecular weight is 526 g/mol. The molecule has 0 spiro atoms. The molecule has 0 fully saturated rings. The van der Waals surface area contributed by atoms with E-state index in [0.29, 0.717) is 23.2 Å². The lowest BCUT2D eigenvalue weighted by atomic mass is 9.78. The van der Waals surface area contributed by atoms with E-state index in [1.165, 1.54) is 6.20 Å². The number of nitrogens with one attached hydrogen (secondary N) is 1. The largest absolute Gasteiger partial charge is 0.385 e. The Hall–Kier alpha value is -4.27. The van der Waals surface area contributed by atoms with Crippen LogP contribution in [0.1, 0.15) is 52.0 Å². The molecule has 0 aliphatic rings. The van der Waals surface area contributed by atoms with E-state index in [-0.39, 0.29) is 12.2 Å². The minimum absolute atomic E-state index is 0.125. The van der Waals surface area contributed by atoms with Gasteiger partial charge in [0.1, 0.15) is 17.5 Å². The Morgan fingerprint density at radius 1 is 0.872 bits per heavy atom. The number of carbonyl (C=O) groups excluding carboxylic acids is 1. The molecule has 4 aromatic rings. The lowest BCUT2D eigenvalue weighted by Crippen LogP contribution is -2.48. The van der Waals surface area contributed by atoms with Crippen molar-refractivity contribution in [2.75, 3.05) is 5.73 Å². The van der Waals surface area contributed by atoms with Crippen molar-refractivity contribution in [2.45, 2.75) is 50.9 Å². The number of aromatic nitrogens is 2. The van der Waals surface area contributed by atoms with E-state index in [1.807, 2.05) is 62.4 Å². The third-order valence-electron chi connectivity index (χ3n) is 7.26. The smallest absolute Gasteiger partial charge is 0.312 e. The van der Waals surface area contributed by atoms with Crippen LogP contribution in [0.4, 0.5) is 10.6 Å². The molecule has 0 radical (unpaired) electrons. The van der Waals surface area contributed by atoms with Crippen molar-refractivity contribution in [3.63, 3.8) is 0 Å². The standard InChI is InChI=1S/C31H35N5O3/c1-20-8-4-6-10-22(20)18-30(3,38)24-12-14-34-26(16-24)28(36-29(33)37)31(39,25-13-15-35-27(32)17-25)19-23-11-7-5-9-21(23)2/h4-17,28,38-39H,18-19H2,1-3H3,(H2,32,35)(H3,33,36,37). The molecule has 202 valence electrons. The third kappa shape index (κ3) is 6.25. The molecule has 8 nitrogen and oxygen atoms in total. The summed E-state index contributed by atoms with van der Waals surface area (Å²) in [5.74, 6) is 0.219. The Kier molecular flexibility index (Phi) is 7.99. The number of nitrogens with zero attached hydrogens (tertiary/aromatic N) is 2. The Morgan fingerprint density at radius 2 is 1.44 bits per heavy atom. The molecule has 0 aliphatic heterocycles. The summed E-state index contributed by atoms with van der Waals surface area (Å²) < 4.78 is 0. The zero-order chi connectivity index (χ0) is 28.2. The number of pyridine rings is 2. The summed E-state index contributed by atoms with van der Waals surface area (Å²) in [6.07, 6.45) is 3.55. The lowest BCUT2D eigenvalue weighted by Gasteiger charge is -2.37. The van der Waals surface area contributed by atoms with E-state index in [0.717, 1.165) is 22.3 Å². The average Bonchev–Trinajstić information content (AvgIpc) is 2.90. The number of aryl methyl sites for hydroxylation is 2. The van der Waals surface area contributed by atoms with Crippen molar-refractivity contribution in [1.29, 1.82) is 0 Å². The van der Waals surface area contributed by atoms with Gasteiger partial charge in [-0.05, 0) is 78.4 Å². The van der Waals surface area contributed by atoms with Crippen LogP contribution in [-0.4, -0.2) is 26.2 Å². The summed E-state index contributed by atoms with van der Waals surface area (Å²) >= 11 is 0. The van der Waals surface area contributed by atoms with Gasteiger partial charge in [0.25, 0.3) is 0 Å². The Morgan fingerprint density at radius 3 is 2.03 bits per heavy atom. The van der Waals surface area contributed by atoms with Crippen LogP contribution >= 0.6 is 0 Å². The third-order valence-corrected chi connectivity index (χ3v) is 7.26. The summed E-state index contributed by atoms with van der Waals surface area (Å²) in [4.78, 5) is 20.9. The van der Waals surface area contributed by atoms with Gasteiger partial charge in [-0.15, -0.1) is 0 Å². The molecule has 2 heterocycles. The van der Waals surface area contributed by atoms with Gasteiger partial charge >= 0.3 is 6.03 Å². The number of urea groups is 1. The first kappa shape index (κ1) is 27.8. The second-order valence-electron chi connectivity index (χ2n) is 10.3. The second kappa shape index (κ2) is 11.2. The Labute approximate surface area is 228 Å². The Balaban J connectivity index is 1.83. The van der Waals surface area contributed by atoms with E-state index in [1.54, 1.807) is 37.4 Å². The number of rotatable bonds is 9. The van der Waals surface area contributed by atoms with Gasteiger partial charge in [0.05, 0.1) is 11.3 Å². The first-order valence-corrected chi connectivity index (χ1v) is 12.8. The number of nitrogen functional groups attached to an aromatic ring is 1. The van der Waals surface area contributed by atoms with E-state index in [9.17, 15) is 15.0 Å². The number of primary amides is 1. The van der Waals surface area contributed by atoms with Crippen LogP contribution in [0.15, 0.2) is 85.2 Å². The Bertz CT molecular complexity index is 1470. The van der Waals surface area contributed by atoms with Crippen LogP contribution in [0.5, 0.6) is 0 Å². The number of nitrogens with two attached hydrogens (primary N) is 2. The lowest BCUT2D eigenvalue weighted by molar-refractivity contribution is -0.00235. The van der Waals surface area contributed by atoms with Gasteiger partial charge in [0.2, 0.25) is 0 Å². The number of anilines is 1. The molecule has 0 aliphatic carbocycles. The molecule has 2 aromatic carbocycles. The molecular weight excluding hydrogens is 490 g/mol. The van der Waals surface area contributed by atoms with Crippen molar-refractivity contribution in [1.82, 2.24) is 15.3 Å². The number of carbonyl (C=O) groups is 1. The van der Waals surface area contributed by atoms with Crippen LogP contribution in [0.25, 0.3) is 0 Å². The van der Waals surface area contributed by atoms with Gasteiger partial charge < -0.3 is 27.0 Å². The summed E-state index contributed by atoms with van der Waals surface area (Å²) in [5.41, 5.74) is 13.9. The van der Waals surface area contributed by atoms with E-state index in [2.05, 4.69) is 15.3 Å². The van der Waals surface area contributed by atoms with Crippen LogP contribution in [0, 0.1) is 13.8 Å². The number of benzene rings is 2. The topological polar surface area (TPSA) is 147 Å². The molecule has 0 bridgehead atoms. The van der Waals surface area contributed by atoms with Crippen LogP contribution in [0.3, 0.4) is 0 Å². The highest BCUT2D eigenvalue weighted by Gasteiger charge is 2.42. The van der Waals surface area contributed by atoms with Crippen LogP contribution in [0.2, 0.25) is 0 Å². The molecule has 7 N–H and O–H groups in total. The zero-order valence-corrected chi connectivity index (χ0v) is 22.4. The molecule has 0 saturated carbocycles. The number of amides is 2. The molecule has 2 aromatic heterocycles. The molecule has 4 rings (SSSR count). The maximum atomic E-state index is 12.5. The SMILES string of the molecule is Cc1ccccc1CC(C)(O)c1ccnc(C(NC(N)=O)C(O)(Cc2ccccc2C)c2ccnc(N)c2)c1. The fourth-order valence-corrected chi connectivity index (χ4v) is 4.99. The van der Waals surface area contributed by atoms with Crippen molar-refractivity contribution in [3.05, 3.63) is 124 Å². The van der Waals surface area contributed by atoms with Gasteiger partial charge in [-0.3, -0.25) is 4.98 Å². The zero-order valence-electron chi connectivity index (χ0n) is 22.4. The highest BCUT2D eigenvalue weighted by atomic mass is 16.3.